The van der Waals surface area contributed by atoms with Crippen LogP contribution < -0.4 is 19.6 Å². The maximum Gasteiger partial charge on any atom is 0.346 e. The van der Waals surface area contributed by atoms with E-state index in [1.807, 2.05) is 0 Å². The molecular formula is C20H18O7. The number of ether oxygens (including phenoxy) is 4. The van der Waals surface area contributed by atoms with Crippen LogP contribution in [-0.2, 0) is 9.53 Å². The Morgan fingerprint density at radius 3 is 2.48 bits per heavy atom. The quantitative estimate of drug-likeness (QED) is 0.614. The van der Waals surface area contributed by atoms with E-state index in [0.29, 0.717) is 28.2 Å². The summed E-state index contributed by atoms with van der Waals surface area (Å²) in [6.45, 7) is 1.57. The van der Waals surface area contributed by atoms with Gasteiger partial charge in [0.05, 0.1) is 19.6 Å². The van der Waals surface area contributed by atoms with Gasteiger partial charge in [-0.2, -0.15) is 0 Å². The highest BCUT2D eigenvalue weighted by Crippen LogP contribution is 2.30. The largest absolute Gasteiger partial charge is 0.493 e. The van der Waals surface area contributed by atoms with Crippen LogP contribution in [0.15, 0.2) is 57.9 Å². The third kappa shape index (κ3) is 3.87. The fourth-order valence-corrected chi connectivity index (χ4v) is 2.47. The number of hydrogen-bond acceptors (Lipinski definition) is 7. The van der Waals surface area contributed by atoms with Gasteiger partial charge in [0.2, 0.25) is 11.2 Å². The van der Waals surface area contributed by atoms with Gasteiger partial charge in [-0.15, -0.1) is 0 Å². The molecule has 27 heavy (non-hydrogen) atoms. The first kappa shape index (κ1) is 18.3. The van der Waals surface area contributed by atoms with Crippen molar-refractivity contribution >= 4 is 16.9 Å². The van der Waals surface area contributed by atoms with E-state index in [9.17, 15) is 9.59 Å². The normalized spacial score (nSPS) is 11.7. The molecule has 0 saturated carbocycles. The van der Waals surface area contributed by atoms with Crippen molar-refractivity contribution in [1.29, 1.82) is 0 Å². The number of esters is 1. The van der Waals surface area contributed by atoms with Gasteiger partial charge in [0.25, 0.3) is 0 Å². The molecule has 0 amide bonds. The zero-order chi connectivity index (χ0) is 19.4. The van der Waals surface area contributed by atoms with Crippen LogP contribution in [0.3, 0.4) is 0 Å². The summed E-state index contributed by atoms with van der Waals surface area (Å²) in [5.74, 6) is 0.804. The number of fused-ring (bicyclic) bond motifs is 1. The predicted octanol–water partition coefficient (Wildman–Crippen LogP) is 3.53. The lowest BCUT2D eigenvalue weighted by molar-refractivity contribution is -0.147. The lowest BCUT2D eigenvalue weighted by Crippen LogP contribution is -2.24. The molecule has 0 bridgehead atoms. The predicted molar refractivity (Wildman–Crippen MR) is 97.7 cm³/mol. The van der Waals surface area contributed by atoms with E-state index >= 15 is 0 Å². The second-order valence-corrected chi connectivity index (χ2v) is 5.62. The lowest BCUT2D eigenvalue weighted by Gasteiger charge is -2.13. The second-order valence-electron chi connectivity index (χ2n) is 5.62. The van der Waals surface area contributed by atoms with Crippen molar-refractivity contribution in [3.05, 3.63) is 59.0 Å². The Bertz CT molecular complexity index is 1020. The summed E-state index contributed by atoms with van der Waals surface area (Å²) in [6.07, 6.45) is 0.442. The number of carbonyl (C=O) groups is 1. The Morgan fingerprint density at radius 1 is 1.04 bits per heavy atom. The minimum Gasteiger partial charge on any atom is -0.493 e. The van der Waals surface area contributed by atoms with Crippen LogP contribution in [0.1, 0.15) is 6.92 Å². The summed E-state index contributed by atoms with van der Waals surface area (Å²) < 4.78 is 26.5. The lowest BCUT2D eigenvalue weighted by atomic mass is 10.2. The number of para-hydroxylation sites is 2. The van der Waals surface area contributed by atoms with Gasteiger partial charge in [0, 0.05) is 6.07 Å². The molecule has 0 aliphatic carbocycles. The summed E-state index contributed by atoms with van der Waals surface area (Å²) in [7, 11) is 2.80. The molecule has 0 spiro atoms. The van der Waals surface area contributed by atoms with E-state index < -0.39 is 12.1 Å². The van der Waals surface area contributed by atoms with Crippen LogP contribution in [0.25, 0.3) is 11.0 Å². The monoisotopic (exact) mass is 370 g/mol. The summed E-state index contributed by atoms with van der Waals surface area (Å²) in [5, 5.41) is 0.320. The molecule has 3 aromatic rings. The van der Waals surface area contributed by atoms with Crippen molar-refractivity contribution in [3.63, 3.8) is 0 Å². The molecule has 0 aliphatic rings. The number of benzene rings is 2. The van der Waals surface area contributed by atoms with Gasteiger partial charge in [0.15, 0.2) is 17.6 Å². The van der Waals surface area contributed by atoms with E-state index in [0.717, 1.165) is 0 Å². The molecule has 1 heterocycles. The highest BCUT2D eigenvalue weighted by atomic mass is 16.6. The molecule has 2 aromatic carbocycles. The topological polar surface area (TPSA) is 84.2 Å². The van der Waals surface area contributed by atoms with Crippen LogP contribution in [0.4, 0.5) is 0 Å². The van der Waals surface area contributed by atoms with Crippen LogP contribution in [0.2, 0.25) is 0 Å². The van der Waals surface area contributed by atoms with Gasteiger partial charge in [-0.25, -0.2) is 4.79 Å². The van der Waals surface area contributed by atoms with Crippen molar-refractivity contribution in [2.24, 2.45) is 0 Å². The fraction of sp³-hybridized carbons (Fsp3) is 0.200. The molecule has 0 saturated heterocycles. The number of rotatable bonds is 6. The molecule has 7 nitrogen and oxygen atoms in total. The van der Waals surface area contributed by atoms with Gasteiger partial charge in [-0.1, -0.05) is 12.1 Å². The summed E-state index contributed by atoms with van der Waals surface area (Å²) in [5.41, 5.74) is -0.0309. The zero-order valence-electron chi connectivity index (χ0n) is 15.1. The van der Waals surface area contributed by atoms with Gasteiger partial charge in [0.1, 0.15) is 17.6 Å². The fourth-order valence-electron chi connectivity index (χ4n) is 2.47. The van der Waals surface area contributed by atoms with Gasteiger partial charge in [-0.05, 0) is 31.2 Å². The van der Waals surface area contributed by atoms with Crippen LogP contribution >= 0.6 is 0 Å². The highest BCUT2D eigenvalue weighted by Gasteiger charge is 2.16. The molecule has 7 heteroatoms. The first-order chi connectivity index (χ1) is 13.0. The zero-order valence-corrected chi connectivity index (χ0v) is 15.1. The van der Waals surface area contributed by atoms with E-state index in [1.54, 1.807) is 43.3 Å². The molecule has 1 aromatic heterocycles. The summed E-state index contributed by atoms with van der Waals surface area (Å²) >= 11 is 0. The molecule has 0 N–H and O–H groups in total. The maximum atomic E-state index is 12.7. The van der Waals surface area contributed by atoms with Crippen molar-refractivity contribution in [1.82, 2.24) is 0 Å². The molecule has 1 atom stereocenters. The van der Waals surface area contributed by atoms with Crippen LogP contribution in [0, 0.1) is 0 Å². The van der Waals surface area contributed by atoms with Gasteiger partial charge >= 0.3 is 5.97 Å². The Labute approximate surface area is 155 Å². The van der Waals surface area contributed by atoms with Crippen molar-refractivity contribution < 1.29 is 28.2 Å². The maximum absolute atomic E-state index is 12.7. The van der Waals surface area contributed by atoms with Crippen molar-refractivity contribution in [3.8, 4) is 23.0 Å². The second kappa shape index (κ2) is 7.82. The average molecular weight is 370 g/mol. The van der Waals surface area contributed by atoms with E-state index in [-0.39, 0.29) is 11.2 Å². The van der Waals surface area contributed by atoms with Gasteiger partial charge in [-0.3, -0.25) is 4.79 Å². The standard InChI is InChI=1S/C20H18O7/c1-12(20(22)24-3)26-13-8-9-14-17(10-13)25-11-18(19(14)21)27-16-7-5-4-6-15(16)23-2/h4-12H,1-3H3/t12-/m1/s1. The minimum absolute atomic E-state index is 0.0311. The molecule has 0 unspecified atom stereocenters. The Kier molecular flexibility index (Phi) is 5.30. The summed E-state index contributed by atoms with van der Waals surface area (Å²) in [6, 6.07) is 11.6. The number of methoxy groups -OCH3 is 2. The molecule has 0 radical (unpaired) electrons. The van der Waals surface area contributed by atoms with Crippen molar-refractivity contribution in [2.45, 2.75) is 13.0 Å². The molecular weight excluding hydrogens is 352 g/mol. The Hall–Kier alpha value is -3.48. The molecule has 0 aliphatic heterocycles. The van der Waals surface area contributed by atoms with Crippen LogP contribution in [-0.4, -0.2) is 26.3 Å². The van der Waals surface area contributed by atoms with E-state index in [2.05, 4.69) is 4.74 Å². The van der Waals surface area contributed by atoms with E-state index in [4.69, 9.17) is 18.6 Å². The average Bonchev–Trinajstić information content (AvgIpc) is 2.69. The first-order valence-corrected chi connectivity index (χ1v) is 8.14. The molecule has 140 valence electrons. The SMILES string of the molecule is COC(=O)[C@@H](C)Oc1ccc2c(=O)c(Oc3ccccc3OC)coc2c1. The third-order valence-corrected chi connectivity index (χ3v) is 3.85. The number of hydrogen-bond donors (Lipinski definition) is 0. The number of carbonyl (C=O) groups excluding carboxylic acids is 1. The molecule has 0 fully saturated rings. The summed E-state index contributed by atoms with van der Waals surface area (Å²) in [4.78, 5) is 24.1. The van der Waals surface area contributed by atoms with E-state index in [1.165, 1.54) is 26.5 Å². The smallest absolute Gasteiger partial charge is 0.346 e. The van der Waals surface area contributed by atoms with Crippen LogP contribution in [0.5, 0.6) is 23.0 Å². The Balaban J connectivity index is 1.90. The van der Waals surface area contributed by atoms with Gasteiger partial charge < -0.3 is 23.4 Å². The third-order valence-electron chi connectivity index (χ3n) is 3.85. The first-order valence-electron chi connectivity index (χ1n) is 8.14. The highest BCUT2D eigenvalue weighted by molar-refractivity contribution is 5.79. The Morgan fingerprint density at radius 2 is 1.78 bits per heavy atom. The molecule has 3 rings (SSSR count). The minimum atomic E-state index is -0.785. The van der Waals surface area contributed by atoms with Crippen molar-refractivity contribution in [2.75, 3.05) is 14.2 Å².